The highest BCUT2D eigenvalue weighted by Crippen LogP contribution is 2.48. The molecule has 0 unspecified atom stereocenters. The summed E-state index contributed by atoms with van der Waals surface area (Å²) in [6, 6.07) is 8.11. The summed E-state index contributed by atoms with van der Waals surface area (Å²) < 4.78 is 5.24. The number of carbonyl (C=O) groups is 2. The Hall–Kier alpha value is -3.17. The summed E-state index contributed by atoms with van der Waals surface area (Å²) in [6.45, 7) is 1.88. The minimum absolute atomic E-state index is 0.00688. The summed E-state index contributed by atoms with van der Waals surface area (Å²) in [5.41, 5.74) is -1.02. The molecule has 2 aromatic rings. The van der Waals surface area contributed by atoms with Crippen LogP contribution < -0.4 is 4.74 Å². The zero-order valence-corrected chi connectivity index (χ0v) is 15.6. The highest BCUT2D eigenvalue weighted by Gasteiger charge is 2.46. The van der Waals surface area contributed by atoms with Gasteiger partial charge in [0.25, 0.3) is 0 Å². The first-order chi connectivity index (χ1) is 13.4. The lowest BCUT2D eigenvalue weighted by Gasteiger charge is -2.37. The number of phenols is 1. The Kier molecular flexibility index (Phi) is 4.02. The Bertz CT molecular complexity index is 1080. The minimum atomic E-state index is -1.81. The summed E-state index contributed by atoms with van der Waals surface area (Å²) in [4.78, 5) is 26.3. The van der Waals surface area contributed by atoms with Crippen molar-refractivity contribution >= 4 is 11.6 Å². The molecule has 2 aliphatic rings. The number of aromatic hydroxyl groups is 1. The fourth-order valence-electron chi connectivity index (χ4n) is 4.50. The first-order valence-corrected chi connectivity index (χ1v) is 9.18. The average Bonchev–Trinajstić information content (AvgIpc) is 2.71. The van der Waals surface area contributed by atoms with E-state index in [0.29, 0.717) is 24.8 Å². The van der Waals surface area contributed by atoms with E-state index in [-0.39, 0.29) is 45.2 Å². The van der Waals surface area contributed by atoms with Crippen LogP contribution in [0.3, 0.4) is 0 Å². The molecule has 6 nitrogen and oxygen atoms in total. The van der Waals surface area contributed by atoms with Crippen LogP contribution in [0.4, 0.5) is 0 Å². The van der Waals surface area contributed by atoms with Crippen LogP contribution in [0.1, 0.15) is 62.7 Å². The number of nitriles is 1. The molecule has 6 heteroatoms. The van der Waals surface area contributed by atoms with E-state index in [9.17, 15) is 25.1 Å². The second-order valence-corrected chi connectivity index (χ2v) is 7.24. The van der Waals surface area contributed by atoms with Crippen molar-refractivity contribution < 1.29 is 24.5 Å². The van der Waals surface area contributed by atoms with Gasteiger partial charge in [0.05, 0.1) is 18.2 Å². The summed E-state index contributed by atoms with van der Waals surface area (Å²) in [5, 5.41) is 31.7. The normalized spacial score (nSPS) is 22.7. The molecule has 0 amide bonds. The van der Waals surface area contributed by atoms with Gasteiger partial charge < -0.3 is 14.9 Å². The van der Waals surface area contributed by atoms with Crippen LogP contribution in [0.2, 0.25) is 0 Å². The van der Waals surface area contributed by atoms with Gasteiger partial charge in [0.2, 0.25) is 5.78 Å². The molecule has 2 atom stereocenters. The molecular formula is C22H19NO5. The van der Waals surface area contributed by atoms with Crippen molar-refractivity contribution in [1.82, 2.24) is 0 Å². The van der Waals surface area contributed by atoms with Gasteiger partial charge in [-0.05, 0) is 31.4 Å². The fourth-order valence-corrected chi connectivity index (χ4v) is 4.50. The number of hydrogen-bond acceptors (Lipinski definition) is 6. The molecule has 0 bridgehead atoms. The molecule has 0 radical (unpaired) electrons. The number of ether oxygens (including phenoxy) is 1. The highest BCUT2D eigenvalue weighted by atomic mass is 16.5. The van der Waals surface area contributed by atoms with E-state index in [1.54, 1.807) is 12.1 Å². The lowest BCUT2D eigenvalue weighted by atomic mass is 9.68. The Morgan fingerprint density at radius 1 is 1.25 bits per heavy atom. The number of fused-ring (bicyclic) bond motifs is 3. The third kappa shape index (κ3) is 2.17. The average molecular weight is 377 g/mol. The molecule has 0 saturated carbocycles. The van der Waals surface area contributed by atoms with E-state index < -0.39 is 17.2 Å². The van der Waals surface area contributed by atoms with Crippen LogP contribution in [0.25, 0.3) is 0 Å². The van der Waals surface area contributed by atoms with Crippen molar-refractivity contribution in [3.05, 3.63) is 57.6 Å². The SMILES string of the molecule is CC[C@H]1CCc2c(cc3c(c2O)C(=O)c2c(OC)cccc2C3=O)[C@@]1(O)C#N. The van der Waals surface area contributed by atoms with E-state index >= 15 is 0 Å². The maximum atomic E-state index is 13.2. The molecular weight excluding hydrogens is 358 g/mol. The summed E-state index contributed by atoms with van der Waals surface area (Å²) in [7, 11) is 1.41. The topological polar surface area (TPSA) is 108 Å². The molecule has 4 rings (SSSR count). The molecule has 0 saturated heterocycles. The number of nitrogens with zero attached hydrogens (tertiary/aromatic N) is 1. The lowest BCUT2D eigenvalue weighted by molar-refractivity contribution is 0.0169. The zero-order valence-electron chi connectivity index (χ0n) is 15.6. The largest absolute Gasteiger partial charge is 0.507 e. The second kappa shape index (κ2) is 6.18. The van der Waals surface area contributed by atoms with Gasteiger partial charge in [-0.25, -0.2) is 0 Å². The van der Waals surface area contributed by atoms with Gasteiger partial charge in [-0.15, -0.1) is 0 Å². The number of ketones is 2. The van der Waals surface area contributed by atoms with Crippen molar-refractivity contribution in [3.63, 3.8) is 0 Å². The Morgan fingerprint density at radius 2 is 2.00 bits per heavy atom. The van der Waals surface area contributed by atoms with Crippen LogP contribution in [0.5, 0.6) is 11.5 Å². The molecule has 2 aromatic carbocycles. The van der Waals surface area contributed by atoms with Crippen LogP contribution in [0.15, 0.2) is 24.3 Å². The van der Waals surface area contributed by atoms with Gasteiger partial charge in [0.15, 0.2) is 11.4 Å². The molecule has 0 spiro atoms. The van der Waals surface area contributed by atoms with Gasteiger partial charge in [-0.2, -0.15) is 5.26 Å². The Labute approximate surface area is 162 Å². The van der Waals surface area contributed by atoms with E-state index in [4.69, 9.17) is 4.74 Å². The maximum absolute atomic E-state index is 13.2. The first-order valence-electron chi connectivity index (χ1n) is 9.18. The maximum Gasteiger partial charge on any atom is 0.201 e. The predicted molar refractivity (Wildman–Crippen MR) is 99.6 cm³/mol. The number of phenolic OH excluding ortho intramolecular Hbond substituents is 1. The number of rotatable bonds is 2. The third-order valence-corrected chi connectivity index (χ3v) is 6.00. The predicted octanol–water partition coefficient (Wildman–Crippen LogP) is 2.86. The molecule has 142 valence electrons. The Balaban J connectivity index is 2.02. The summed E-state index contributed by atoms with van der Waals surface area (Å²) in [5.74, 6) is -1.32. The molecule has 28 heavy (non-hydrogen) atoms. The molecule has 0 fully saturated rings. The number of aliphatic hydroxyl groups is 1. The number of benzene rings is 2. The standard InChI is InChI=1S/C22H19NO5/c1-3-11-7-8-12-15(22(11,27)10-23)9-14-18(20(12)25)21(26)17-13(19(14)24)5-4-6-16(17)28-2/h4-6,9,11,25,27H,3,7-8H2,1-2H3/t11-,22+/m0/s1. The lowest BCUT2D eigenvalue weighted by Crippen LogP contribution is -2.39. The Morgan fingerprint density at radius 3 is 2.64 bits per heavy atom. The van der Waals surface area contributed by atoms with Gasteiger partial charge in [-0.1, -0.05) is 19.1 Å². The quantitative estimate of drug-likeness (QED) is 0.665. The number of hydrogen-bond donors (Lipinski definition) is 2. The van der Waals surface area contributed by atoms with Crippen LogP contribution in [-0.4, -0.2) is 28.9 Å². The van der Waals surface area contributed by atoms with Crippen LogP contribution >= 0.6 is 0 Å². The summed E-state index contributed by atoms with van der Waals surface area (Å²) >= 11 is 0. The first kappa shape index (κ1) is 18.2. The van der Waals surface area contributed by atoms with Crippen molar-refractivity contribution in [2.75, 3.05) is 7.11 Å². The van der Waals surface area contributed by atoms with E-state index in [1.165, 1.54) is 19.2 Å². The van der Waals surface area contributed by atoms with E-state index in [1.807, 2.05) is 13.0 Å². The van der Waals surface area contributed by atoms with E-state index in [0.717, 1.165) is 0 Å². The second-order valence-electron chi connectivity index (χ2n) is 7.24. The van der Waals surface area contributed by atoms with Gasteiger partial charge in [0.1, 0.15) is 17.6 Å². The van der Waals surface area contributed by atoms with Crippen molar-refractivity contribution in [1.29, 1.82) is 5.26 Å². The highest BCUT2D eigenvalue weighted by molar-refractivity contribution is 6.30. The van der Waals surface area contributed by atoms with Crippen molar-refractivity contribution in [2.24, 2.45) is 5.92 Å². The number of carbonyl (C=O) groups excluding carboxylic acids is 2. The minimum Gasteiger partial charge on any atom is -0.507 e. The smallest absolute Gasteiger partial charge is 0.201 e. The molecule has 2 aliphatic carbocycles. The monoisotopic (exact) mass is 377 g/mol. The molecule has 0 aliphatic heterocycles. The molecule has 0 aromatic heterocycles. The van der Waals surface area contributed by atoms with Gasteiger partial charge >= 0.3 is 0 Å². The fraction of sp³-hybridized carbons (Fsp3) is 0.318. The summed E-state index contributed by atoms with van der Waals surface area (Å²) in [6.07, 6.45) is 1.49. The third-order valence-electron chi connectivity index (χ3n) is 6.00. The van der Waals surface area contributed by atoms with Crippen LogP contribution in [0, 0.1) is 17.2 Å². The van der Waals surface area contributed by atoms with Gasteiger partial charge in [-0.3, -0.25) is 9.59 Å². The van der Waals surface area contributed by atoms with Gasteiger partial charge in [0, 0.05) is 28.2 Å². The van der Waals surface area contributed by atoms with Crippen molar-refractivity contribution in [2.45, 2.75) is 31.8 Å². The van der Waals surface area contributed by atoms with E-state index in [2.05, 4.69) is 0 Å². The molecule has 2 N–H and O–H groups in total. The van der Waals surface area contributed by atoms with Crippen molar-refractivity contribution in [3.8, 4) is 17.6 Å². The molecule has 0 heterocycles. The number of methoxy groups -OCH3 is 1. The van der Waals surface area contributed by atoms with Crippen LogP contribution in [-0.2, 0) is 12.0 Å². The zero-order chi connectivity index (χ0) is 20.2.